The van der Waals surface area contributed by atoms with Crippen LogP contribution in [0.15, 0.2) is 42.5 Å². The quantitative estimate of drug-likeness (QED) is 0.401. The monoisotopic (exact) mass is 434 g/mol. The maximum atomic E-state index is 5.85. The Kier molecular flexibility index (Phi) is 5.79. The van der Waals surface area contributed by atoms with Gasteiger partial charge in [-0.1, -0.05) is 12.1 Å². The number of halogens is 1. The van der Waals surface area contributed by atoms with Crippen LogP contribution >= 0.6 is 22.6 Å². The molecular formula is C20H23IN2O. The van der Waals surface area contributed by atoms with Gasteiger partial charge >= 0.3 is 0 Å². The van der Waals surface area contributed by atoms with Crippen LogP contribution in [-0.4, -0.2) is 18.1 Å². The largest absolute Gasteiger partial charge is 0.493 e. The van der Waals surface area contributed by atoms with Gasteiger partial charge in [0.15, 0.2) is 0 Å². The van der Waals surface area contributed by atoms with E-state index in [-0.39, 0.29) is 0 Å². The van der Waals surface area contributed by atoms with Crippen LogP contribution in [0, 0.1) is 3.57 Å². The topological polar surface area (TPSA) is 51.0 Å². The number of unbranched alkanes of at least 4 members (excludes halogenated alkanes) is 1. The lowest BCUT2D eigenvalue weighted by Crippen LogP contribution is -2.00. The van der Waals surface area contributed by atoms with E-state index in [1.807, 2.05) is 19.1 Å². The van der Waals surface area contributed by atoms with Gasteiger partial charge in [-0.25, -0.2) is 0 Å². The molecule has 24 heavy (non-hydrogen) atoms. The van der Waals surface area contributed by atoms with Crippen molar-refractivity contribution in [1.82, 2.24) is 4.98 Å². The second-order valence-electron chi connectivity index (χ2n) is 5.84. The number of aryl methyl sites for hydroxylation is 1. The molecule has 0 radical (unpaired) electrons. The molecule has 3 aromatic rings. The lowest BCUT2D eigenvalue weighted by molar-refractivity contribution is 0.341. The summed E-state index contributed by atoms with van der Waals surface area (Å²) in [5.41, 5.74) is 10.5. The Morgan fingerprint density at radius 3 is 2.75 bits per heavy atom. The predicted molar refractivity (Wildman–Crippen MR) is 110 cm³/mol. The number of benzene rings is 2. The minimum absolute atomic E-state index is 0.664. The molecular weight excluding hydrogens is 411 g/mol. The molecule has 0 amide bonds. The molecule has 0 saturated heterocycles. The zero-order valence-corrected chi connectivity index (χ0v) is 16.1. The fraction of sp³-hybridized carbons (Fsp3) is 0.300. The molecule has 2 aromatic carbocycles. The Labute approximate surface area is 156 Å². The van der Waals surface area contributed by atoms with Crippen LogP contribution in [0.4, 0.5) is 0 Å². The third-order valence-corrected chi connectivity index (χ3v) is 4.88. The summed E-state index contributed by atoms with van der Waals surface area (Å²) in [5.74, 6) is 0.932. The van der Waals surface area contributed by atoms with Crippen LogP contribution < -0.4 is 10.5 Å². The summed E-state index contributed by atoms with van der Waals surface area (Å²) in [6, 6.07) is 14.8. The fourth-order valence-electron chi connectivity index (χ4n) is 3.11. The number of nitrogens with two attached hydrogens (primary N) is 1. The number of para-hydroxylation sites is 1. The highest BCUT2D eigenvalue weighted by atomic mass is 127. The minimum atomic E-state index is 0.664. The molecule has 0 spiro atoms. The molecule has 3 rings (SSSR count). The van der Waals surface area contributed by atoms with Crippen LogP contribution in [0.3, 0.4) is 0 Å². The highest BCUT2D eigenvalue weighted by molar-refractivity contribution is 14.1. The smallest absolute Gasteiger partial charge is 0.128 e. The molecule has 3 N–H and O–H groups in total. The van der Waals surface area contributed by atoms with E-state index in [0.717, 1.165) is 37.1 Å². The molecule has 0 aliphatic carbocycles. The van der Waals surface area contributed by atoms with Crippen LogP contribution in [0.25, 0.3) is 22.2 Å². The number of fused-ring (bicyclic) bond motifs is 1. The Morgan fingerprint density at radius 1 is 1.12 bits per heavy atom. The molecule has 3 nitrogen and oxygen atoms in total. The minimum Gasteiger partial charge on any atom is -0.493 e. The third-order valence-electron chi connectivity index (χ3n) is 4.21. The van der Waals surface area contributed by atoms with E-state index in [4.69, 9.17) is 10.5 Å². The zero-order valence-electron chi connectivity index (χ0n) is 13.9. The zero-order chi connectivity index (χ0) is 16.9. The molecule has 0 atom stereocenters. The van der Waals surface area contributed by atoms with Crippen molar-refractivity contribution < 1.29 is 4.74 Å². The Bertz CT molecular complexity index is 826. The van der Waals surface area contributed by atoms with Gasteiger partial charge in [0.2, 0.25) is 0 Å². The van der Waals surface area contributed by atoms with Crippen molar-refractivity contribution >= 4 is 33.5 Å². The average molecular weight is 434 g/mol. The van der Waals surface area contributed by atoms with E-state index in [1.54, 1.807) is 0 Å². The number of H-pyrrole nitrogens is 1. The first-order valence-electron chi connectivity index (χ1n) is 8.47. The predicted octanol–water partition coefficient (Wildman–Crippen LogP) is 5.12. The van der Waals surface area contributed by atoms with Gasteiger partial charge in [0.25, 0.3) is 0 Å². The molecule has 0 saturated carbocycles. The van der Waals surface area contributed by atoms with Gasteiger partial charge in [-0.15, -0.1) is 0 Å². The van der Waals surface area contributed by atoms with Crippen molar-refractivity contribution in [2.45, 2.75) is 26.2 Å². The molecule has 0 aliphatic rings. The van der Waals surface area contributed by atoms with Crippen LogP contribution in [0.1, 0.15) is 25.3 Å². The summed E-state index contributed by atoms with van der Waals surface area (Å²) in [7, 11) is 0. The summed E-state index contributed by atoms with van der Waals surface area (Å²) in [4.78, 5) is 3.62. The normalized spacial score (nSPS) is 11.1. The Balaban J connectivity index is 2.14. The fourth-order valence-corrected chi connectivity index (χ4v) is 3.60. The molecule has 0 fully saturated rings. The highest BCUT2D eigenvalue weighted by Gasteiger charge is 2.16. The number of aromatic amines is 1. The molecule has 0 aliphatic heterocycles. The van der Waals surface area contributed by atoms with Crippen LogP contribution in [0.2, 0.25) is 0 Å². The van der Waals surface area contributed by atoms with E-state index in [1.165, 1.54) is 25.7 Å². The molecule has 4 heteroatoms. The first-order valence-corrected chi connectivity index (χ1v) is 9.54. The van der Waals surface area contributed by atoms with Gasteiger partial charge in [0.05, 0.1) is 12.3 Å². The summed E-state index contributed by atoms with van der Waals surface area (Å²) in [6.07, 6.45) is 3.16. The summed E-state index contributed by atoms with van der Waals surface area (Å²) in [5, 5.41) is 1.31. The van der Waals surface area contributed by atoms with E-state index in [9.17, 15) is 0 Å². The van der Waals surface area contributed by atoms with Crippen molar-refractivity contribution in [2.75, 3.05) is 13.2 Å². The van der Waals surface area contributed by atoms with Crippen molar-refractivity contribution in [1.29, 1.82) is 0 Å². The van der Waals surface area contributed by atoms with Gasteiger partial charge in [-0.2, -0.15) is 0 Å². The van der Waals surface area contributed by atoms with Crippen LogP contribution in [-0.2, 0) is 6.42 Å². The number of hydrogen-bond donors (Lipinski definition) is 2. The molecule has 0 bridgehead atoms. The number of aromatic nitrogens is 1. The summed E-state index contributed by atoms with van der Waals surface area (Å²) >= 11 is 2.38. The van der Waals surface area contributed by atoms with Gasteiger partial charge < -0.3 is 15.5 Å². The van der Waals surface area contributed by atoms with E-state index in [0.29, 0.717) is 6.61 Å². The lowest BCUT2D eigenvalue weighted by atomic mass is 10.00. The van der Waals surface area contributed by atoms with Gasteiger partial charge in [0.1, 0.15) is 5.75 Å². The molecule has 126 valence electrons. The second-order valence-corrected chi connectivity index (χ2v) is 7.09. The standard InChI is InChI=1S/C20H23IN2O/c1-2-24-19-9-4-3-8-16(19)20-15(7-5-6-12-22)17-13-14(21)10-11-18(17)23-20/h3-4,8-11,13,23H,2,5-7,12,22H2,1H3. The number of ether oxygens (including phenoxy) is 1. The van der Waals surface area contributed by atoms with Crippen molar-refractivity contribution in [3.63, 3.8) is 0 Å². The third kappa shape index (κ3) is 3.59. The van der Waals surface area contributed by atoms with Gasteiger partial charge in [0, 0.05) is 20.0 Å². The van der Waals surface area contributed by atoms with Crippen LogP contribution in [0.5, 0.6) is 5.75 Å². The van der Waals surface area contributed by atoms with Gasteiger partial charge in [-0.05, 0) is 91.2 Å². The van der Waals surface area contributed by atoms with E-state index in [2.05, 4.69) is 57.9 Å². The first-order chi connectivity index (χ1) is 11.7. The van der Waals surface area contributed by atoms with E-state index >= 15 is 0 Å². The summed E-state index contributed by atoms with van der Waals surface area (Å²) < 4.78 is 7.10. The number of rotatable bonds is 7. The van der Waals surface area contributed by atoms with Crippen molar-refractivity contribution in [3.8, 4) is 17.0 Å². The Hall–Kier alpha value is -1.53. The highest BCUT2D eigenvalue weighted by Crippen LogP contribution is 2.37. The molecule has 1 heterocycles. The average Bonchev–Trinajstić information content (AvgIpc) is 2.94. The lowest BCUT2D eigenvalue weighted by Gasteiger charge is -2.11. The van der Waals surface area contributed by atoms with Crippen molar-refractivity contribution in [2.24, 2.45) is 5.73 Å². The van der Waals surface area contributed by atoms with Crippen molar-refractivity contribution in [3.05, 3.63) is 51.6 Å². The van der Waals surface area contributed by atoms with Gasteiger partial charge in [-0.3, -0.25) is 0 Å². The second kappa shape index (κ2) is 8.03. The SMILES string of the molecule is CCOc1ccccc1-c1[nH]c2ccc(I)cc2c1CCCCN. The molecule has 1 aromatic heterocycles. The Morgan fingerprint density at radius 2 is 1.96 bits per heavy atom. The maximum Gasteiger partial charge on any atom is 0.128 e. The number of nitrogens with one attached hydrogen (secondary N) is 1. The van der Waals surface area contributed by atoms with E-state index < -0.39 is 0 Å². The first kappa shape index (κ1) is 17.3. The maximum absolute atomic E-state index is 5.85. The molecule has 0 unspecified atom stereocenters. The number of hydrogen-bond acceptors (Lipinski definition) is 2. The summed E-state index contributed by atoms with van der Waals surface area (Å²) in [6.45, 7) is 3.43.